The van der Waals surface area contributed by atoms with Crippen molar-refractivity contribution in [3.63, 3.8) is 0 Å². The van der Waals surface area contributed by atoms with Gasteiger partial charge in [-0.25, -0.2) is 0 Å². The van der Waals surface area contributed by atoms with E-state index < -0.39 is 0 Å². The molecule has 0 aliphatic heterocycles. The van der Waals surface area contributed by atoms with Gasteiger partial charge in [-0.3, -0.25) is 0 Å². The highest BCUT2D eigenvalue weighted by atomic mass is 16.5. The number of hydrogen-bond acceptors (Lipinski definition) is 2. The summed E-state index contributed by atoms with van der Waals surface area (Å²) in [5.41, 5.74) is 0. The Kier molecular flexibility index (Phi) is 4.74. The second-order valence-corrected chi connectivity index (χ2v) is 4.18. The van der Waals surface area contributed by atoms with Gasteiger partial charge < -0.3 is 10.1 Å². The summed E-state index contributed by atoms with van der Waals surface area (Å²) >= 11 is 0. The fraction of sp³-hybridized carbons (Fsp3) is 1.00. The molecule has 2 heteroatoms. The molecule has 0 amide bonds. The Bertz CT molecular complexity index is 134. The van der Waals surface area contributed by atoms with Crippen LogP contribution in [0.1, 0.15) is 39.5 Å². The van der Waals surface area contributed by atoms with E-state index in [-0.39, 0.29) is 0 Å². The van der Waals surface area contributed by atoms with Gasteiger partial charge in [-0.05, 0) is 45.1 Å². The molecule has 0 bridgehead atoms. The molecule has 1 saturated carbocycles. The van der Waals surface area contributed by atoms with E-state index >= 15 is 0 Å². The Morgan fingerprint density at radius 2 is 2.15 bits per heavy atom. The Labute approximate surface area is 82.0 Å². The van der Waals surface area contributed by atoms with Crippen LogP contribution in [0.4, 0.5) is 0 Å². The molecule has 1 aliphatic carbocycles. The smallest absolute Gasteiger partial charge is 0.0558 e. The van der Waals surface area contributed by atoms with Crippen LogP contribution in [0.15, 0.2) is 0 Å². The average molecular weight is 185 g/mol. The van der Waals surface area contributed by atoms with E-state index in [2.05, 4.69) is 19.2 Å². The van der Waals surface area contributed by atoms with Crippen LogP contribution in [-0.4, -0.2) is 25.8 Å². The molecule has 1 rings (SSSR count). The van der Waals surface area contributed by atoms with Crippen LogP contribution >= 0.6 is 0 Å². The van der Waals surface area contributed by atoms with Crippen LogP contribution in [0, 0.1) is 5.92 Å². The van der Waals surface area contributed by atoms with Crippen molar-refractivity contribution < 1.29 is 4.74 Å². The summed E-state index contributed by atoms with van der Waals surface area (Å²) in [6.07, 6.45) is 5.62. The summed E-state index contributed by atoms with van der Waals surface area (Å²) in [4.78, 5) is 0. The predicted molar refractivity (Wildman–Crippen MR) is 55.9 cm³/mol. The van der Waals surface area contributed by atoms with Crippen molar-refractivity contribution in [2.24, 2.45) is 5.92 Å². The fourth-order valence-electron chi connectivity index (χ4n) is 1.72. The highest BCUT2D eigenvalue weighted by molar-refractivity contribution is 4.87. The Hall–Kier alpha value is -0.0800. The first-order valence-electron chi connectivity index (χ1n) is 5.54. The second kappa shape index (κ2) is 5.61. The van der Waals surface area contributed by atoms with E-state index in [4.69, 9.17) is 4.74 Å². The number of methoxy groups -OCH3 is 1. The van der Waals surface area contributed by atoms with Gasteiger partial charge in [-0.15, -0.1) is 0 Å². The van der Waals surface area contributed by atoms with Crippen molar-refractivity contribution in [1.82, 2.24) is 5.32 Å². The zero-order chi connectivity index (χ0) is 9.68. The molecule has 1 fully saturated rings. The Balaban J connectivity index is 2.20. The van der Waals surface area contributed by atoms with Crippen LogP contribution in [0.25, 0.3) is 0 Å². The van der Waals surface area contributed by atoms with Crippen molar-refractivity contribution in [3.05, 3.63) is 0 Å². The van der Waals surface area contributed by atoms with Gasteiger partial charge in [0.2, 0.25) is 0 Å². The lowest BCUT2D eigenvalue weighted by atomic mass is 10.1. The SMILES string of the molecule is CCCNC(CC(C)OC)C1CC1. The van der Waals surface area contributed by atoms with E-state index in [0.29, 0.717) is 12.1 Å². The van der Waals surface area contributed by atoms with Gasteiger partial charge >= 0.3 is 0 Å². The molecule has 2 unspecified atom stereocenters. The topological polar surface area (TPSA) is 21.3 Å². The lowest BCUT2D eigenvalue weighted by Crippen LogP contribution is -2.34. The normalized spacial score (nSPS) is 21.5. The number of ether oxygens (including phenoxy) is 1. The highest BCUT2D eigenvalue weighted by Crippen LogP contribution is 2.34. The number of nitrogens with one attached hydrogen (secondary N) is 1. The largest absolute Gasteiger partial charge is 0.382 e. The summed E-state index contributed by atoms with van der Waals surface area (Å²) in [6, 6.07) is 0.704. The molecular weight excluding hydrogens is 162 g/mol. The first-order valence-corrected chi connectivity index (χ1v) is 5.54. The van der Waals surface area contributed by atoms with Gasteiger partial charge in [0.05, 0.1) is 6.10 Å². The molecule has 0 aromatic heterocycles. The lowest BCUT2D eigenvalue weighted by molar-refractivity contribution is 0.0977. The van der Waals surface area contributed by atoms with Crippen molar-refractivity contribution in [3.8, 4) is 0 Å². The maximum absolute atomic E-state index is 5.30. The molecule has 78 valence electrons. The van der Waals surface area contributed by atoms with Gasteiger partial charge in [0.25, 0.3) is 0 Å². The molecule has 0 heterocycles. The third-order valence-corrected chi connectivity index (χ3v) is 2.84. The summed E-state index contributed by atoms with van der Waals surface area (Å²) in [6.45, 7) is 5.53. The summed E-state index contributed by atoms with van der Waals surface area (Å²) in [5.74, 6) is 0.934. The van der Waals surface area contributed by atoms with Gasteiger partial charge in [-0.1, -0.05) is 6.92 Å². The average Bonchev–Trinajstić information content (AvgIpc) is 2.94. The quantitative estimate of drug-likeness (QED) is 0.656. The number of rotatable bonds is 7. The lowest BCUT2D eigenvalue weighted by Gasteiger charge is -2.21. The summed E-state index contributed by atoms with van der Waals surface area (Å²) in [5, 5.41) is 3.62. The molecule has 2 atom stereocenters. The van der Waals surface area contributed by atoms with E-state index in [9.17, 15) is 0 Å². The molecule has 1 N–H and O–H groups in total. The molecule has 0 spiro atoms. The van der Waals surface area contributed by atoms with Crippen LogP contribution < -0.4 is 5.32 Å². The van der Waals surface area contributed by atoms with Gasteiger partial charge in [0.15, 0.2) is 0 Å². The molecular formula is C11H23NO. The maximum Gasteiger partial charge on any atom is 0.0558 e. The standard InChI is InChI=1S/C11H23NO/c1-4-7-12-11(10-5-6-10)8-9(2)13-3/h9-12H,4-8H2,1-3H3. The Morgan fingerprint density at radius 1 is 1.46 bits per heavy atom. The van der Waals surface area contributed by atoms with Gasteiger partial charge in [0, 0.05) is 13.2 Å². The predicted octanol–water partition coefficient (Wildman–Crippen LogP) is 2.19. The van der Waals surface area contributed by atoms with E-state index in [1.807, 2.05) is 0 Å². The van der Waals surface area contributed by atoms with Crippen molar-refractivity contribution in [2.75, 3.05) is 13.7 Å². The van der Waals surface area contributed by atoms with Crippen molar-refractivity contribution >= 4 is 0 Å². The second-order valence-electron chi connectivity index (χ2n) is 4.18. The Morgan fingerprint density at radius 3 is 2.62 bits per heavy atom. The summed E-state index contributed by atoms with van der Waals surface area (Å²) < 4.78 is 5.30. The first-order chi connectivity index (χ1) is 6.27. The molecule has 0 aromatic rings. The minimum Gasteiger partial charge on any atom is -0.382 e. The molecule has 2 nitrogen and oxygen atoms in total. The van der Waals surface area contributed by atoms with Crippen molar-refractivity contribution in [1.29, 1.82) is 0 Å². The van der Waals surface area contributed by atoms with Crippen molar-refractivity contribution in [2.45, 2.75) is 51.7 Å². The zero-order valence-electron chi connectivity index (χ0n) is 9.18. The van der Waals surface area contributed by atoms with Crippen LogP contribution in [0.5, 0.6) is 0 Å². The van der Waals surface area contributed by atoms with Crippen LogP contribution in [0.3, 0.4) is 0 Å². The molecule has 0 radical (unpaired) electrons. The molecule has 0 aromatic carbocycles. The van der Waals surface area contributed by atoms with Crippen LogP contribution in [0.2, 0.25) is 0 Å². The van der Waals surface area contributed by atoms with Gasteiger partial charge in [-0.2, -0.15) is 0 Å². The van der Waals surface area contributed by atoms with E-state index in [0.717, 1.165) is 12.5 Å². The van der Waals surface area contributed by atoms with E-state index in [1.54, 1.807) is 7.11 Å². The number of hydrogen-bond donors (Lipinski definition) is 1. The third kappa shape index (κ3) is 4.10. The van der Waals surface area contributed by atoms with E-state index in [1.165, 1.54) is 25.7 Å². The van der Waals surface area contributed by atoms with Crippen LogP contribution in [-0.2, 0) is 4.74 Å². The highest BCUT2D eigenvalue weighted by Gasteiger charge is 2.31. The first kappa shape index (κ1) is 11.0. The molecule has 1 aliphatic rings. The fourth-order valence-corrected chi connectivity index (χ4v) is 1.72. The molecule has 13 heavy (non-hydrogen) atoms. The minimum atomic E-state index is 0.398. The maximum atomic E-state index is 5.30. The minimum absolute atomic E-state index is 0.398. The van der Waals surface area contributed by atoms with Gasteiger partial charge in [0.1, 0.15) is 0 Å². The summed E-state index contributed by atoms with van der Waals surface area (Å²) in [7, 11) is 1.80. The monoisotopic (exact) mass is 185 g/mol. The molecule has 0 saturated heterocycles. The third-order valence-electron chi connectivity index (χ3n) is 2.84. The zero-order valence-corrected chi connectivity index (χ0v) is 9.18.